The van der Waals surface area contributed by atoms with Crippen molar-refractivity contribution in [3.8, 4) is 0 Å². The van der Waals surface area contributed by atoms with Crippen LogP contribution in [0.25, 0.3) is 0 Å². The Balaban J connectivity index is 2.12. The van der Waals surface area contributed by atoms with Gasteiger partial charge in [0.05, 0.1) is 5.92 Å². The van der Waals surface area contributed by atoms with E-state index in [0.717, 1.165) is 18.6 Å². The molecular weight excluding hydrogens is 164 g/mol. The molecule has 1 aliphatic rings. The van der Waals surface area contributed by atoms with E-state index >= 15 is 0 Å². The van der Waals surface area contributed by atoms with Gasteiger partial charge >= 0.3 is 0 Å². The predicted molar refractivity (Wildman–Crippen MR) is 52.0 cm³/mol. The number of unbranched alkanes of at least 4 members (excludes halogenated alkanes) is 3. The highest BCUT2D eigenvalue weighted by molar-refractivity contribution is 4.96. The average Bonchev–Trinajstić information content (AvgIpc) is 2.43. The summed E-state index contributed by atoms with van der Waals surface area (Å²) in [4.78, 5) is 0. The van der Waals surface area contributed by atoms with Crippen LogP contribution in [0.5, 0.6) is 0 Å². The molecule has 0 bridgehead atoms. The summed E-state index contributed by atoms with van der Waals surface area (Å²) in [6, 6.07) is 0. The van der Waals surface area contributed by atoms with Crippen LogP contribution in [-0.2, 0) is 4.52 Å². The molecular formula is C11H20O2. The Labute approximate surface area is 80.8 Å². The number of allylic oxidation sites excluding steroid dienone is 1. The molecule has 0 amide bonds. The van der Waals surface area contributed by atoms with Gasteiger partial charge in [0, 0.05) is 6.42 Å². The number of hydrogen-bond acceptors (Lipinski definition) is 1. The van der Waals surface area contributed by atoms with E-state index in [-0.39, 0.29) is 0 Å². The van der Waals surface area contributed by atoms with Crippen molar-refractivity contribution in [3.05, 3.63) is 12.3 Å². The maximum Gasteiger partial charge on any atom is 0.236 e. The molecule has 2 nitrogen and oxygen atoms in total. The Morgan fingerprint density at radius 3 is 2.77 bits per heavy atom. The van der Waals surface area contributed by atoms with Crippen LogP contribution in [-0.4, -0.2) is 6.61 Å². The summed E-state index contributed by atoms with van der Waals surface area (Å²) in [5.74, 6) is 1.18. The lowest BCUT2D eigenvalue weighted by atomic mass is 9.98. The van der Waals surface area contributed by atoms with Gasteiger partial charge in [0.25, 0.3) is 0 Å². The molecule has 0 N–H and O–H groups in total. The van der Waals surface area contributed by atoms with E-state index < -0.39 is 0 Å². The fourth-order valence-electron chi connectivity index (χ4n) is 1.85. The van der Waals surface area contributed by atoms with Gasteiger partial charge in [0.1, 0.15) is 0 Å². The fraction of sp³-hybridized carbons (Fsp3) is 0.818. The quantitative estimate of drug-likeness (QED) is 0.366. The minimum atomic E-state index is 0.444. The third kappa shape index (κ3) is 3.03. The van der Waals surface area contributed by atoms with Crippen molar-refractivity contribution in [1.82, 2.24) is 0 Å². The molecule has 0 saturated carbocycles. The lowest BCUT2D eigenvalue weighted by Gasteiger charge is -2.20. The lowest BCUT2D eigenvalue weighted by molar-refractivity contribution is -0.771. The van der Waals surface area contributed by atoms with Crippen LogP contribution in [0.15, 0.2) is 12.3 Å². The molecule has 1 unspecified atom stereocenters. The van der Waals surface area contributed by atoms with E-state index in [4.69, 9.17) is 0 Å². The van der Waals surface area contributed by atoms with Gasteiger partial charge in [-0.2, -0.15) is 0 Å². The third-order valence-corrected chi connectivity index (χ3v) is 2.81. The van der Waals surface area contributed by atoms with Gasteiger partial charge in [0.2, 0.25) is 5.76 Å². The molecule has 76 valence electrons. The largest absolute Gasteiger partial charge is 0.568 e. The summed E-state index contributed by atoms with van der Waals surface area (Å²) in [6.07, 6.45) is 7.25. The number of hydrogen-bond donors (Lipinski definition) is 0. The van der Waals surface area contributed by atoms with E-state index in [1.54, 1.807) is 0 Å². The van der Waals surface area contributed by atoms with E-state index in [9.17, 15) is 5.26 Å². The van der Waals surface area contributed by atoms with Crippen molar-refractivity contribution < 1.29 is 9.78 Å². The molecule has 13 heavy (non-hydrogen) atoms. The summed E-state index contributed by atoms with van der Waals surface area (Å²) < 4.78 is 1.81. The normalized spacial score (nSPS) is 22.8. The van der Waals surface area contributed by atoms with Gasteiger partial charge in [-0.15, -0.1) is 0 Å². The molecule has 1 aliphatic heterocycles. The molecule has 0 spiro atoms. The zero-order valence-corrected chi connectivity index (χ0v) is 8.55. The van der Waals surface area contributed by atoms with Gasteiger partial charge in [-0.3, -0.25) is 0 Å². The Bertz CT molecular complexity index is 165. The smallest absolute Gasteiger partial charge is 0.236 e. The highest BCUT2D eigenvalue weighted by Gasteiger charge is 2.28. The molecule has 0 aromatic carbocycles. The maximum absolute atomic E-state index is 11.0. The molecule has 0 radical (unpaired) electrons. The van der Waals surface area contributed by atoms with Crippen LogP contribution in [0.1, 0.15) is 45.4 Å². The SMILES string of the molecule is C=C1C(CCCCCC)CC[O+]1[O-]. The topological polar surface area (TPSA) is 25.8 Å². The minimum absolute atomic E-state index is 0.444. The highest BCUT2D eigenvalue weighted by atomic mass is 17.2. The molecule has 0 aromatic rings. The van der Waals surface area contributed by atoms with Crippen LogP contribution in [0.3, 0.4) is 0 Å². The first-order valence-electron chi connectivity index (χ1n) is 5.33. The van der Waals surface area contributed by atoms with E-state index in [1.807, 2.05) is 4.52 Å². The monoisotopic (exact) mass is 184 g/mol. The minimum Gasteiger partial charge on any atom is -0.568 e. The molecule has 1 fully saturated rings. The second kappa shape index (κ2) is 5.28. The first-order valence-corrected chi connectivity index (χ1v) is 5.33. The van der Waals surface area contributed by atoms with Gasteiger partial charge in [-0.05, 0) is 13.0 Å². The van der Waals surface area contributed by atoms with Crippen LogP contribution in [0, 0.1) is 5.92 Å². The van der Waals surface area contributed by atoms with Crippen LogP contribution in [0.2, 0.25) is 0 Å². The van der Waals surface area contributed by atoms with Crippen molar-refractivity contribution in [2.75, 3.05) is 6.61 Å². The number of rotatable bonds is 5. The van der Waals surface area contributed by atoms with Gasteiger partial charge < -0.3 is 9.78 Å². The van der Waals surface area contributed by atoms with Gasteiger partial charge in [0.15, 0.2) is 6.61 Å². The highest BCUT2D eigenvalue weighted by Crippen LogP contribution is 2.30. The Morgan fingerprint density at radius 1 is 1.46 bits per heavy atom. The average molecular weight is 184 g/mol. The zero-order chi connectivity index (χ0) is 9.68. The summed E-state index contributed by atoms with van der Waals surface area (Å²) >= 11 is 0. The maximum atomic E-state index is 11.0. The van der Waals surface area contributed by atoms with Crippen molar-refractivity contribution in [2.24, 2.45) is 5.92 Å². The van der Waals surface area contributed by atoms with Gasteiger partial charge in [-0.1, -0.05) is 32.6 Å². The molecule has 2 heteroatoms. The van der Waals surface area contributed by atoms with E-state index in [1.165, 1.54) is 25.7 Å². The van der Waals surface area contributed by atoms with E-state index in [0.29, 0.717) is 12.5 Å². The van der Waals surface area contributed by atoms with Crippen LogP contribution >= 0.6 is 0 Å². The molecule has 1 heterocycles. The standard InChI is InChI=1S/C11H20O2/c1-3-4-5-6-7-11-8-9-13(12)10(11)2/h11H,2-9H2,1H3. The second-order valence-electron chi connectivity index (χ2n) is 3.85. The Hall–Kier alpha value is -0.500. The fourth-order valence-corrected chi connectivity index (χ4v) is 1.85. The van der Waals surface area contributed by atoms with Crippen molar-refractivity contribution in [1.29, 1.82) is 0 Å². The van der Waals surface area contributed by atoms with Crippen LogP contribution < -0.4 is 5.26 Å². The Morgan fingerprint density at radius 2 is 2.23 bits per heavy atom. The first-order chi connectivity index (χ1) is 6.25. The molecule has 1 rings (SSSR count). The molecule has 0 aromatic heterocycles. The summed E-state index contributed by atoms with van der Waals surface area (Å²) in [6.45, 7) is 6.58. The first kappa shape index (κ1) is 10.6. The summed E-state index contributed by atoms with van der Waals surface area (Å²) in [5.41, 5.74) is 0. The summed E-state index contributed by atoms with van der Waals surface area (Å²) in [7, 11) is 0. The second-order valence-corrected chi connectivity index (χ2v) is 3.85. The van der Waals surface area contributed by atoms with Gasteiger partial charge in [-0.25, -0.2) is 0 Å². The molecule has 1 atom stereocenters. The molecule has 0 aliphatic carbocycles. The van der Waals surface area contributed by atoms with Crippen molar-refractivity contribution >= 4 is 0 Å². The molecule has 1 saturated heterocycles. The van der Waals surface area contributed by atoms with Crippen LogP contribution in [0.4, 0.5) is 0 Å². The predicted octanol–water partition coefficient (Wildman–Crippen LogP) is 2.32. The lowest BCUT2D eigenvalue weighted by Crippen LogP contribution is -2.21. The Kier molecular flexibility index (Phi) is 4.29. The van der Waals surface area contributed by atoms with E-state index in [2.05, 4.69) is 13.5 Å². The van der Waals surface area contributed by atoms with Crippen molar-refractivity contribution in [2.45, 2.75) is 45.4 Å². The zero-order valence-electron chi connectivity index (χ0n) is 8.55. The van der Waals surface area contributed by atoms with Crippen molar-refractivity contribution in [3.63, 3.8) is 0 Å². The third-order valence-electron chi connectivity index (χ3n) is 2.81. The summed E-state index contributed by atoms with van der Waals surface area (Å²) in [5, 5.41) is 11.0.